The fourth-order valence-electron chi connectivity index (χ4n) is 3.31. The molecule has 4 rings (SSSR count). The van der Waals surface area contributed by atoms with E-state index < -0.39 is 0 Å². The zero-order chi connectivity index (χ0) is 21.8. The lowest BCUT2D eigenvalue weighted by Gasteiger charge is -2.21. The number of aromatic nitrogens is 2. The summed E-state index contributed by atoms with van der Waals surface area (Å²) in [5.41, 5.74) is 3.56. The van der Waals surface area contributed by atoms with Gasteiger partial charge in [-0.25, -0.2) is 4.90 Å². The molecule has 0 aliphatic heterocycles. The molecule has 2 aromatic carbocycles. The average Bonchev–Trinajstić information content (AvgIpc) is 3.24. The number of anilines is 2. The Kier molecular flexibility index (Phi) is 6.00. The van der Waals surface area contributed by atoms with Crippen LogP contribution in [0.1, 0.15) is 13.3 Å². The van der Waals surface area contributed by atoms with Crippen LogP contribution in [0.25, 0.3) is 22.4 Å². The van der Waals surface area contributed by atoms with Crippen LogP contribution in [0.5, 0.6) is 5.75 Å². The molecule has 0 N–H and O–H groups in total. The predicted octanol–water partition coefficient (Wildman–Crippen LogP) is 6.14. The van der Waals surface area contributed by atoms with E-state index >= 15 is 0 Å². The Hall–Kier alpha value is -3.64. The summed E-state index contributed by atoms with van der Waals surface area (Å²) in [6, 6.07) is 18.3. The molecule has 1 amide bonds. The Morgan fingerprint density at radius 2 is 1.81 bits per heavy atom. The van der Waals surface area contributed by atoms with Crippen LogP contribution in [0.2, 0.25) is 5.02 Å². The molecule has 0 unspecified atom stereocenters. The summed E-state index contributed by atoms with van der Waals surface area (Å²) < 4.78 is 11.1. The first-order valence-corrected chi connectivity index (χ1v) is 10.1. The van der Waals surface area contributed by atoms with Crippen molar-refractivity contribution in [3.63, 3.8) is 0 Å². The van der Waals surface area contributed by atoms with Crippen LogP contribution in [0, 0.1) is 0 Å². The zero-order valence-electron chi connectivity index (χ0n) is 17.1. The lowest BCUT2D eigenvalue weighted by molar-refractivity contribution is -0.117. The second kappa shape index (κ2) is 9.02. The molecule has 31 heavy (non-hydrogen) atoms. The molecule has 0 saturated heterocycles. The third-order valence-electron chi connectivity index (χ3n) is 4.83. The number of benzene rings is 2. The van der Waals surface area contributed by atoms with E-state index in [4.69, 9.17) is 20.9 Å². The van der Waals surface area contributed by atoms with Crippen molar-refractivity contribution in [1.82, 2.24) is 10.1 Å². The first-order chi connectivity index (χ1) is 15.1. The van der Waals surface area contributed by atoms with E-state index in [2.05, 4.69) is 10.1 Å². The Balaban J connectivity index is 1.94. The first kappa shape index (κ1) is 20.6. The fraction of sp³-hybridized carbons (Fsp3) is 0.125. The number of hydrogen-bond donors (Lipinski definition) is 0. The number of halogens is 1. The summed E-state index contributed by atoms with van der Waals surface area (Å²) in [5.74, 6) is 0.917. The smallest absolute Gasteiger partial charge is 0.247 e. The van der Waals surface area contributed by atoms with E-state index in [-0.39, 0.29) is 12.3 Å². The van der Waals surface area contributed by atoms with E-state index in [1.54, 1.807) is 44.6 Å². The van der Waals surface area contributed by atoms with Gasteiger partial charge in [0.05, 0.1) is 18.4 Å². The van der Waals surface area contributed by atoms with Gasteiger partial charge in [0.2, 0.25) is 11.8 Å². The summed E-state index contributed by atoms with van der Waals surface area (Å²) in [6.07, 6.45) is 3.66. The topological polar surface area (TPSA) is 68.5 Å². The molecule has 2 heterocycles. The standard InChI is InChI=1S/C24H20ClN3O3/c1-3-21(29)28(19-6-4-5-18(25)15-19)24-22(16-11-13-26-14-12-16)23(27-31-24)17-7-9-20(30-2)10-8-17/h4-15H,3H2,1-2H3. The second-order valence-electron chi connectivity index (χ2n) is 6.74. The van der Waals surface area contributed by atoms with E-state index in [9.17, 15) is 4.79 Å². The first-order valence-electron chi connectivity index (χ1n) is 9.75. The SMILES string of the molecule is CCC(=O)N(c1cccc(Cl)c1)c1onc(-c2ccc(OC)cc2)c1-c1ccncc1. The molecular formula is C24H20ClN3O3. The van der Waals surface area contributed by atoms with Crippen LogP contribution in [-0.4, -0.2) is 23.2 Å². The third-order valence-corrected chi connectivity index (χ3v) is 5.06. The van der Waals surface area contributed by atoms with Gasteiger partial charge in [-0.1, -0.05) is 29.7 Å². The number of hydrogen-bond acceptors (Lipinski definition) is 5. The van der Waals surface area contributed by atoms with Crippen LogP contribution in [0.4, 0.5) is 11.6 Å². The van der Waals surface area contributed by atoms with Gasteiger partial charge in [-0.15, -0.1) is 0 Å². The molecule has 4 aromatic rings. The predicted molar refractivity (Wildman–Crippen MR) is 121 cm³/mol. The number of carbonyl (C=O) groups excluding carboxylic acids is 1. The van der Waals surface area contributed by atoms with E-state index in [1.807, 2.05) is 42.5 Å². The maximum Gasteiger partial charge on any atom is 0.247 e. The quantitative estimate of drug-likeness (QED) is 0.365. The van der Waals surface area contributed by atoms with Crippen molar-refractivity contribution in [3.05, 3.63) is 78.1 Å². The van der Waals surface area contributed by atoms with Crippen LogP contribution >= 0.6 is 11.6 Å². The highest BCUT2D eigenvalue weighted by atomic mass is 35.5. The van der Waals surface area contributed by atoms with Crippen molar-refractivity contribution >= 4 is 29.1 Å². The largest absolute Gasteiger partial charge is 0.497 e. The molecule has 7 heteroatoms. The molecule has 0 fully saturated rings. The van der Waals surface area contributed by atoms with Gasteiger partial charge in [-0.05, 0) is 60.2 Å². The number of amides is 1. The number of nitrogens with zero attached hydrogens (tertiary/aromatic N) is 3. The molecule has 0 bridgehead atoms. The normalized spacial score (nSPS) is 10.7. The van der Waals surface area contributed by atoms with Crippen LogP contribution in [-0.2, 0) is 4.79 Å². The third kappa shape index (κ3) is 4.15. The Labute approximate surface area is 185 Å². The molecular weight excluding hydrogens is 414 g/mol. The number of pyridine rings is 1. The van der Waals surface area contributed by atoms with Crippen LogP contribution in [0.15, 0.2) is 77.6 Å². The Bertz CT molecular complexity index is 1190. The van der Waals surface area contributed by atoms with Gasteiger partial charge in [0.15, 0.2) is 0 Å². The Morgan fingerprint density at radius 3 is 2.45 bits per heavy atom. The minimum absolute atomic E-state index is 0.144. The Morgan fingerprint density at radius 1 is 1.06 bits per heavy atom. The zero-order valence-corrected chi connectivity index (χ0v) is 17.8. The van der Waals surface area contributed by atoms with Crippen molar-refractivity contribution in [2.75, 3.05) is 12.0 Å². The van der Waals surface area contributed by atoms with Gasteiger partial charge in [0.25, 0.3) is 0 Å². The lowest BCUT2D eigenvalue weighted by Crippen LogP contribution is -2.25. The minimum Gasteiger partial charge on any atom is -0.497 e. The molecule has 0 spiro atoms. The molecule has 0 atom stereocenters. The van der Waals surface area contributed by atoms with Gasteiger partial charge in [0, 0.05) is 29.4 Å². The highest BCUT2D eigenvalue weighted by Crippen LogP contribution is 2.42. The summed E-state index contributed by atoms with van der Waals surface area (Å²) >= 11 is 6.21. The molecule has 2 aromatic heterocycles. The van der Waals surface area contributed by atoms with Gasteiger partial charge in [-0.2, -0.15) is 0 Å². The van der Waals surface area contributed by atoms with Crippen LogP contribution in [0.3, 0.4) is 0 Å². The van der Waals surface area contributed by atoms with Crippen LogP contribution < -0.4 is 9.64 Å². The molecule has 6 nitrogen and oxygen atoms in total. The number of ether oxygens (including phenoxy) is 1. The molecule has 156 valence electrons. The number of rotatable bonds is 6. The molecule has 0 radical (unpaired) electrons. The fourth-order valence-corrected chi connectivity index (χ4v) is 3.49. The molecule has 0 saturated carbocycles. The second-order valence-corrected chi connectivity index (χ2v) is 7.17. The van der Waals surface area contributed by atoms with E-state index in [0.29, 0.717) is 27.9 Å². The van der Waals surface area contributed by atoms with Gasteiger partial charge >= 0.3 is 0 Å². The van der Waals surface area contributed by atoms with Crippen molar-refractivity contribution in [2.45, 2.75) is 13.3 Å². The lowest BCUT2D eigenvalue weighted by atomic mass is 10.0. The van der Waals surface area contributed by atoms with Gasteiger partial charge in [-0.3, -0.25) is 9.78 Å². The van der Waals surface area contributed by atoms with Crippen molar-refractivity contribution in [1.29, 1.82) is 0 Å². The summed E-state index contributed by atoms with van der Waals surface area (Å²) in [7, 11) is 1.62. The van der Waals surface area contributed by atoms with E-state index in [0.717, 1.165) is 16.9 Å². The summed E-state index contributed by atoms with van der Waals surface area (Å²) in [4.78, 5) is 18.6. The van der Waals surface area contributed by atoms with Crippen molar-refractivity contribution < 1.29 is 14.1 Å². The minimum atomic E-state index is -0.144. The monoisotopic (exact) mass is 433 g/mol. The maximum absolute atomic E-state index is 13.0. The molecule has 0 aliphatic rings. The highest BCUT2D eigenvalue weighted by Gasteiger charge is 2.28. The van der Waals surface area contributed by atoms with Gasteiger partial charge < -0.3 is 9.26 Å². The number of carbonyl (C=O) groups is 1. The summed E-state index contributed by atoms with van der Waals surface area (Å²) in [6.45, 7) is 1.80. The van der Waals surface area contributed by atoms with Crippen molar-refractivity contribution in [2.24, 2.45) is 0 Å². The average molecular weight is 434 g/mol. The summed E-state index contributed by atoms with van der Waals surface area (Å²) in [5, 5.41) is 4.86. The number of methoxy groups -OCH3 is 1. The van der Waals surface area contributed by atoms with Gasteiger partial charge in [0.1, 0.15) is 11.4 Å². The highest BCUT2D eigenvalue weighted by molar-refractivity contribution is 6.31. The molecule has 0 aliphatic carbocycles. The maximum atomic E-state index is 13.0. The van der Waals surface area contributed by atoms with E-state index in [1.165, 1.54) is 4.90 Å². The van der Waals surface area contributed by atoms with Crippen molar-refractivity contribution in [3.8, 4) is 28.1 Å².